The fourth-order valence-electron chi connectivity index (χ4n) is 3.66. The molecule has 6 nitrogen and oxygen atoms in total. The van der Waals surface area contributed by atoms with Gasteiger partial charge in [-0.25, -0.2) is 9.97 Å². The van der Waals surface area contributed by atoms with E-state index in [1.807, 2.05) is 18.2 Å². The number of ether oxygens (including phenoxy) is 1. The van der Waals surface area contributed by atoms with Crippen LogP contribution in [0.25, 0.3) is 21.9 Å². The number of unbranched alkanes of at least 4 members (excludes halogenated alkanes) is 1. The number of nitrogens with zero attached hydrogens (tertiary/aromatic N) is 4. The molecule has 1 aromatic carbocycles. The van der Waals surface area contributed by atoms with Gasteiger partial charge in [0.2, 0.25) is 0 Å². The topological polar surface area (TPSA) is 69.2 Å². The number of para-hydroxylation sites is 1. The third kappa shape index (κ3) is 3.82. The lowest BCUT2D eigenvalue weighted by Gasteiger charge is -2.24. The molecule has 3 aromatic rings. The van der Waals surface area contributed by atoms with Crippen LogP contribution in [0.1, 0.15) is 25.6 Å². The molecule has 4 rings (SSSR count). The summed E-state index contributed by atoms with van der Waals surface area (Å²) >= 11 is 0. The molecule has 3 heterocycles. The number of nitrogen functional groups attached to an aromatic ring is 1. The Morgan fingerprint density at radius 1 is 1.11 bits per heavy atom. The Morgan fingerprint density at radius 2 is 1.89 bits per heavy atom. The second-order valence-electron chi connectivity index (χ2n) is 7.17. The molecule has 0 atom stereocenters. The molecule has 0 aliphatic carbocycles. The van der Waals surface area contributed by atoms with Crippen LogP contribution >= 0.6 is 0 Å². The van der Waals surface area contributed by atoms with Crippen molar-refractivity contribution in [3.05, 3.63) is 30.1 Å². The summed E-state index contributed by atoms with van der Waals surface area (Å²) in [6.45, 7) is 7.10. The van der Waals surface area contributed by atoms with E-state index in [1.165, 1.54) is 0 Å². The predicted octanol–water partition coefficient (Wildman–Crippen LogP) is 2.84. The van der Waals surface area contributed by atoms with Crippen LogP contribution in [0.4, 0.5) is 5.82 Å². The molecule has 0 radical (unpaired) electrons. The summed E-state index contributed by atoms with van der Waals surface area (Å²) in [4.78, 5) is 11.7. The first kappa shape index (κ1) is 18.7. The van der Waals surface area contributed by atoms with E-state index in [-0.39, 0.29) is 0 Å². The summed E-state index contributed by atoms with van der Waals surface area (Å²) in [6, 6.07) is 8.11. The lowest BCUT2D eigenvalue weighted by molar-refractivity contribution is 0.0443. The number of aryl methyl sites for hydroxylation is 1. The number of benzene rings is 1. The molecular formula is C22H27N5O. The molecule has 2 aromatic heterocycles. The van der Waals surface area contributed by atoms with Crippen LogP contribution in [-0.4, -0.2) is 52.3 Å². The van der Waals surface area contributed by atoms with Gasteiger partial charge in [-0.3, -0.25) is 4.90 Å². The third-order valence-corrected chi connectivity index (χ3v) is 5.21. The van der Waals surface area contributed by atoms with Crippen molar-refractivity contribution in [2.45, 2.75) is 32.7 Å². The van der Waals surface area contributed by atoms with E-state index < -0.39 is 0 Å². The lowest BCUT2D eigenvalue weighted by Crippen LogP contribution is -2.36. The van der Waals surface area contributed by atoms with Crippen molar-refractivity contribution in [1.29, 1.82) is 0 Å². The van der Waals surface area contributed by atoms with Crippen molar-refractivity contribution in [2.24, 2.45) is 0 Å². The third-order valence-electron chi connectivity index (χ3n) is 5.21. The Balaban J connectivity index is 1.70. The number of anilines is 1. The maximum Gasteiger partial charge on any atom is 0.152 e. The van der Waals surface area contributed by atoms with Crippen LogP contribution in [-0.2, 0) is 17.7 Å². The minimum Gasteiger partial charge on any atom is -0.382 e. The number of morpholine rings is 1. The van der Waals surface area contributed by atoms with Gasteiger partial charge in [0.15, 0.2) is 5.82 Å². The fourth-order valence-corrected chi connectivity index (χ4v) is 3.66. The van der Waals surface area contributed by atoms with Crippen LogP contribution in [0.3, 0.4) is 0 Å². The number of imidazole rings is 1. The number of nitrogens with two attached hydrogens (primary N) is 1. The largest absolute Gasteiger partial charge is 0.382 e. The van der Waals surface area contributed by atoms with Gasteiger partial charge in [-0.2, -0.15) is 0 Å². The van der Waals surface area contributed by atoms with Crippen molar-refractivity contribution in [3.8, 4) is 11.8 Å². The average molecular weight is 377 g/mol. The van der Waals surface area contributed by atoms with E-state index in [0.717, 1.165) is 79.9 Å². The molecule has 28 heavy (non-hydrogen) atoms. The number of hydrogen-bond donors (Lipinski definition) is 1. The van der Waals surface area contributed by atoms with Gasteiger partial charge in [0.25, 0.3) is 0 Å². The highest BCUT2D eigenvalue weighted by Crippen LogP contribution is 2.29. The van der Waals surface area contributed by atoms with Gasteiger partial charge in [-0.15, -0.1) is 0 Å². The van der Waals surface area contributed by atoms with Gasteiger partial charge in [0.05, 0.1) is 37.3 Å². The highest BCUT2D eigenvalue weighted by atomic mass is 16.5. The molecule has 1 aliphatic rings. The Morgan fingerprint density at radius 3 is 2.71 bits per heavy atom. The summed E-state index contributed by atoms with van der Waals surface area (Å²) < 4.78 is 7.63. The standard InChI is InChI=1S/C22H27N5O/c1-2-3-10-19-25-20-21(17-8-4-5-9-18(17)24-22(20)23)27(19)12-7-6-11-26-13-15-28-16-14-26/h4-5,8-9H,2-3,10-16H2,1H3,(H2,23,24). The summed E-state index contributed by atoms with van der Waals surface area (Å²) in [5, 5.41) is 1.08. The Labute approximate surface area is 165 Å². The molecule has 1 saturated heterocycles. The van der Waals surface area contributed by atoms with E-state index in [4.69, 9.17) is 15.5 Å². The lowest BCUT2D eigenvalue weighted by atomic mass is 10.2. The minimum absolute atomic E-state index is 0.492. The maximum absolute atomic E-state index is 6.24. The van der Waals surface area contributed by atoms with E-state index in [2.05, 4.69) is 39.3 Å². The summed E-state index contributed by atoms with van der Waals surface area (Å²) in [5.74, 6) is 8.22. The number of rotatable bonds is 5. The van der Waals surface area contributed by atoms with Crippen LogP contribution in [0, 0.1) is 11.8 Å². The second-order valence-corrected chi connectivity index (χ2v) is 7.17. The van der Waals surface area contributed by atoms with E-state index >= 15 is 0 Å². The molecule has 1 aliphatic heterocycles. The quantitative estimate of drug-likeness (QED) is 0.693. The van der Waals surface area contributed by atoms with E-state index in [0.29, 0.717) is 12.4 Å². The van der Waals surface area contributed by atoms with Crippen LogP contribution in [0.15, 0.2) is 24.3 Å². The van der Waals surface area contributed by atoms with Crippen molar-refractivity contribution in [3.63, 3.8) is 0 Å². The number of pyridine rings is 1. The highest BCUT2D eigenvalue weighted by molar-refractivity contribution is 6.06. The molecule has 6 heteroatoms. The number of aromatic nitrogens is 3. The molecule has 0 unspecified atom stereocenters. The first-order valence-electron chi connectivity index (χ1n) is 10.1. The van der Waals surface area contributed by atoms with E-state index in [9.17, 15) is 0 Å². The normalized spacial score (nSPS) is 15.0. The Kier molecular flexibility index (Phi) is 5.75. The average Bonchev–Trinajstić information content (AvgIpc) is 3.10. The smallest absolute Gasteiger partial charge is 0.152 e. The summed E-state index contributed by atoms with van der Waals surface area (Å²) in [5.41, 5.74) is 8.99. The SMILES string of the molecule is CCCCc1nc2c(N)nc3ccccc3c2n1CC#CCN1CCOCC1. The van der Waals surface area contributed by atoms with Crippen LogP contribution in [0.5, 0.6) is 0 Å². The molecule has 0 spiro atoms. The zero-order valence-corrected chi connectivity index (χ0v) is 16.4. The van der Waals surface area contributed by atoms with Crippen molar-refractivity contribution in [1.82, 2.24) is 19.4 Å². The number of hydrogen-bond acceptors (Lipinski definition) is 5. The molecule has 0 amide bonds. The minimum atomic E-state index is 0.492. The van der Waals surface area contributed by atoms with Crippen molar-refractivity contribution < 1.29 is 4.74 Å². The van der Waals surface area contributed by atoms with Gasteiger partial charge >= 0.3 is 0 Å². The molecule has 0 bridgehead atoms. The zero-order valence-electron chi connectivity index (χ0n) is 16.4. The van der Waals surface area contributed by atoms with Crippen molar-refractivity contribution in [2.75, 3.05) is 38.6 Å². The second kappa shape index (κ2) is 8.59. The van der Waals surface area contributed by atoms with Gasteiger partial charge in [0.1, 0.15) is 11.3 Å². The van der Waals surface area contributed by atoms with Gasteiger partial charge in [0, 0.05) is 24.9 Å². The molecule has 1 fully saturated rings. The number of fused-ring (bicyclic) bond motifs is 3. The molecule has 146 valence electrons. The van der Waals surface area contributed by atoms with Gasteiger partial charge < -0.3 is 15.0 Å². The van der Waals surface area contributed by atoms with Crippen LogP contribution < -0.4 is 5.73 Å². The molecule has 0 saturated carbocycles. The fraction of sp³-hybridized carbons (Fsp3) is 0.455. The van der Waals surface area contributed by atoms with Gasteiger partial charge in [-0.1, -0.05) is 43.4 Å². The highest BCUT2D eigenvalue weighted by Gasteiger charge is 2.16. The zero-order chi connectivity index (χ0) is 19.3. The Hall–Kier alpha value is -2.62. The predicted molar refractivity (Wildman–Crippen MR) is 113 cm³/mol. The first-order valence-corrected chi connectivity index (χ1v) is 10.1. The molecule has 2 N–H and O–H groups in total. The van der Waals surface area contributed by atoms with Crippen molar-refractivity contribution >= 4 is 27.8 Å². The summed E-state index contributed by atoms with van der Waals surface area (Å²) in [6.07, 6.45) is 3.14. The van der Waals surface area contributed by atoms with Gasteiger partial charge in [-0.05, 0) is 12.5 Å². The van der Waals surface area contributed by atoms with E-state index in [1.54, 1.807) is 0 Å². The molecular weight excluding hydrogens is 350 g/mol. The Bertz CT molecular complexity index is 1020. The van der Waals surface area contributed by atoms with Crippen LogP contribution in [0.2, 0.25) is 0 Å². The monoisotopic (exact) mass is 377 g/mol. The summed E-state index contributed by atoms with van der Waals surface area (Å²) in [7, 11) is 0. The first-order chi connectivity index (χ1) is 13.8. The maximum atomic E-state index is 6.24.